The van der Waals surface area contributed by atoms with E-state index in [4.69, 9.17) is 4.74 Å². The van der Waals surface area contributed by atoms with Crippen molar-refractivity contribution in [1.82, 2.24) is 10.2 Å². The summed E-state index contributed by atoms with van der Waals surface area (Å²) in [7, 11) is 1.63. The topological polar surface area (TPSA) is 44.7 Å². The number of rotatable bonds is 8. The number of methoxy groups -OCH3 is 1. The average Bonchev–Trinajstić information content (AvgIpc) is 2.40. The van der Waals surface area contributed by atoms with Crippen molar-refractivity contribution in [3.63, 3.8) is 0 Å². The van der Waals surface area contributed by atoms with Crippen LogP contribution in [-0.4, -0.2) is 61.5 Å². The Kier molecular flexibility index (Phi) is 7.91. The molecular formula is C15H32N2O2. The summed E-state index contributed by atoms with van der Waals surface area (Å²) in [4.78, 5) is 2.34. The Bertz CT molecular complexity index is 230. The predicted molar refractivity (Wildman–Crippen MR) is 79.4 cm³/mol. The maximum Gasteiger partial charge on any atom is 0.0900 e. The van der Waals surface area contributed by atoms with Gasteiger partial charge in [0.25, 0.3) is 0 Å². The lowest BCUT2D eigenvalue weighted by molar-refractivity contribution is 0.0305. The van der Waals surface area contributed by atoms with Crippen LogP contribution in [-0.2, 0) is 4.74 Å². The molecule has 1 saturated heterocycles. The Labute approximate surface area is 118 Å². The number of hydrogen-bond acceptors (Lipinski definition) is 4. The second-order valence-corrected chi connectivity index (χ2v) is 6.02. The minimum atomic E-state index is -0.353. The van der Waals surface area contributed by atoms with E-state index in [-0.39, 0.29) is 6.10 Å². The lowest BCUT2D eigenvalue weighted by Crippen LogP contribution is -2.48. The molecule has 0 aromatic carbocycles. The van der Waals surface area contributed by atoms with E-state index in [0.717, 1.165) is 25.6 Å². The number of nitrogens with zero attached hydrogens (tertiary/aromatic N) is 1. The van der Waals surface area contributed by atoms with Crippen molar-refractivity contribution in [3.05, 3.63) is 0 Å². The molecule has 114 valence electrons. The molecule has 1 rings (SSSR count). The normalized spacial score (nSPS) is 23.2. The number of ether oxygens (including phenoxy) is 1. The molecule has 19 heavy (non-hydrogen) atoms. The summed E-state index contributed by atoms with van der Waals surface area (Å²) in [5.41, 5.74) is 0. The smallest absolute Gasteiger partial charge is 0.0900 e. The second kappa shape index (κ2) is 8.90. The van der Waals surface area contributed by atoms with E-state index in [2.05, 4.69) is 31.0 Å². The minimum absolute atomic E-state index is 0.353. The third-order valence-corrected chi connectivity index (χ3v) is 4.41. The van der Waals surface area contributed by atoms with Crippen molar-refractivity contribution in [1.29, 1.82) is 0 Å². The van der Waals surface area contributed by atoms with Crippen molar-refractivity contribution in [3.8, 4) is 0 Å². The van der Waals surface area contributed by atoms with Gasteiger partial charge in [0.05, 0.1) is 12.7 Å². The third-order valence-electron chi connectivity index (χ3n) is 4.41. The highest BCUT2D eigenvalue weighted by atomic mass is 16.5. The number of hydrogen-bond donors (Lipinski definition) is 2. The fourth-order valence-electron chi connectivity index (χ4n) is 2.71. The average molecular weight is 272 g/mol. The molecule has 4 nitrogen and oxygen atoms in total. The van der Waals surface area contributed by atoms with Crippen molar-refractivity contribution >= 4 is 0 Å². The minimum Gasteiger partial charge on any atom is -0.389 e. The molecule has 0 spiro atoms. The molecule has 0 saturated carbocycles. The van der Waals surface area contributed by atoms with Gasteiger partial charge in [0.15, 0.2) is 0 Å². The highest BCUT2D eigenvalue weighted by Gasteiger charge is 2.22. The monoisotopic (exact) mass is 272 g/mol. The van der Waals surface area contributed by atoms with Crippen LogP contribution in [0.15, 0.2) is 0 Å². The summed E-state index contributed by atoms with van der Waals surface area (Å²) in [6.07, 6.45) is 3.24. The zero-order valence-electron chi connectivity index (χ0n) is 13.1. The van der Waals surface area contributed by atoms with Crippen LogP contribution in [0.5, 0.6) is 0 Å². The Morgan fingerprint density at radius 3 is 2.47 bits per heavy atom. The Morgan fingerprint density at radius 2 is 1.95 bits per heavy atom. The van der Waals surface area contributed by atoms with Crippen LogP contribution >= 0.6 is 0 Å². The molecule has 1 fully saturated rings. The maximum atomic E-state index is 9.74. The van der Waals surface area contributed by atoms with Crippen LogP contribution in [0, 0.1) is 5.92 Å². The fourth-order valence-corrected chi connectivity index (χ4v) is 2.71. The first-order valence-corrected chi connectivity index (χ1v) is 7.72. The van der Waals surface area contributed by atoms with Crippen molar-refractivity contribution in [2.75, 3.05) is 33.4 Å². The van der Waals surface area contributed by atoms with Crippen LogP contribution in [0.1, 0.15) is 40.0 Å². The largest absolute Gasteiger partial charge is 0.389 e. The van der Waals surface area contributed by atoms with Crippen LogP contribution in [0.25, 0.3) is 0 Å². The molecule has 0 aromatic heterocycles. The fraction of sp³-hybridized carbons (Fsp3) is 1.00. The number of β-amino-alcohol motifs (C(OH)–C–C–N with tert-alkyl or cyclic N) is 1. The Morgan fingerprint density at radius 1 is 1.32 bits per heavy atom. The van der Waals surface area contributed by atoms with Crippen molar-refractivity contribution in [2.24, 2.45) is 5.92 Å². The first-order valence-electron chi connectivity index (χ1n) is 7.72. The number of aliphatic hydroxyl groups excluding tert-OH is 1. The lowest BCUT2D eigenvalue weighted by atomic mass is 9.97. The van der Waals surface area contributed by atoms with Gasteiger partial charge in [-0.25, -0.2) is 0 Å². The molecule has 1 heterocycles. The number of nitrogens with one attached hydrogen (secondary N) is 1. The molecule has 4 heteroatoms. The molecule has 0 aromatic rings. The van der Waals surface area contributed by atoms with Gasteiger partial charge < -0.3 is 20.1 Å². The molecule has 2 N–H and O–H groups in total. The van der Waals surface area contributed by atoms with E-state index >= 15 is 0 Å². The summed E-state index contributed by atoms with van der Waals surface area (Å²) < 4.78 is 4.97. The Balaban J connectivity index is 2.21. The first kappa shape index (κ1) is 16.9. The van der Waals surface area contributed by atoms with Gasteiger partial charge in [-0.2, -0.15) is 0 Å². The van der Waals surface area contributed by atoms with Gasteiger partial charge in [-0.15, -0.1) is 0 Å². The van der Waals surface area contributed by atoms with Gasteiger partial charge in [0.2, 0.25) is 0 Å². The Hall–Kier alpha value is -0.160. The SMILES string of the molecule is CCC(C)C(C)NC1CCN(CC(O)COC)CC1. The molecule has 1 aliphatic rings. The van der Waals surface area contributed by atoms with Crippen LogP contribution in [0.4, 0.5) is 0 Å². The summed E-state index contributed by atoms with van der Waals surface area (Å²) in [5, 5.41) is 13.5. The third kappa shape index (κ3) is 6.21. The molecule has 0 aliphatic carbocycles. The standard InChI is InChI=1S/C15H32N2O2/c1-5-12(2)13(3)16-14-6-8-17(9-7-14)10-15(18)11-19-4/h12-16,18H,5-11H2,1-4H3. The zero-order valence-corrected chi connectivity index (χ0v) is 13.1. The summed E-state index contributed by atoms with van der Waals surface area (Å²) in [6.45, 7) is 10.2. The van der Waals surface area contributed by atoms with Gasteiger partial charge in [0, 0.05) is 25.7 Å². The van der Waals surface area contributed by atoms with E-state index in [1.54, 1.807) is 7.11 Å². The van der Waals surface area contributed by atoms with E-state index in [1.165, 1.54) is 19.3 Å². The van der Waals surface area contributed by atoms with Crippen molar-refractivity contribution < 1.29 is 9.84 Å². The molecule has 3 unspecified atom stereocenters. The van der Waals surface area contributed by atoms with E-state index < -0.39 is 0 Å². The van der Waals surface area contributed by atoms with E-state index in [0.29, 0.717) is 18.7 Å². The zero-order chi connectivity index (χ0) is 14.3. The lowest BCUT2D eigenvalue weighted by Gasteiger charge is -2.35. The summed E-state index contributed by atoms with van der Waals surface area (Å²) in [5.74, 6) is 0.738. The van der Waals surface area contributed by atoms with E-state index in [9.17, 15) is 5.11 Å². The molecule has 0 bridgehead atoms. The maximum absolute atomic E-state index is 9.74. The molecule has 0 radical (unpaired) electrons. The summed E-state index contributed by atoms with van der Waals surface area (Å²) in [6, 6.07) is 1.24. The van der Waals surface area contributed by atoms with Crippen LogP contribution < -0.4 is 5.32 Å². The number of likely N-dealkylation sites (tertiary alicyclic amines) is 1. The van der Waals surface area contributed by atoms with Crippen LogP contribution in [0.3, 0.4) is 0 Å². The summed E-state index contributed by atoms with van der Waals surface area (Å²) >= 11 is 0. The van der Waals surface area contributed by atoms with Gasteiger partial charge in [0.1, 0.15) is 0 Å². The van der Waals surface area contributed by atoms with Gasteiger partial charge in [-0.05, 0) is 38.8 Å². The van der Waals surface area contributed by atoms with Crippen LogP contribution in [0.2, 0.25) is 0 Å². The first-order chi connectivity index (χ1) is 9.06. The highest BCUT2D eigenvalue weighted by molar-refractivity contribution is 4.81. The van der Waals surface area contributed by atoms with Gasteiger partial charge in [-0.3, -0.25) is 0 Å². The number of aliphatic hydroxyl groups is 1. The molecule has 1 aliphatic heterocycles. The quantitative estimate of drug-likeness (QED) is 0.702. The van der Waals surface area contributed by atoms with Gasteiger partial charge in [-0.1, -0.05) is 20.3 Å². The highest BCUT2D eigenvalue weighted by Crippen LogP contribution is 2.14. The second-order valence-electron chi connectivity index (χ2n) is 6.02. The molecular weight excluding hydrogens is 240 g/mol. The van der Waals surface area contributed by atoms with Crippen molar-refractivity contribution in [2.45, 2.75) is 58.2 Å². The predicted octanol–water partition coefficient (Wildman–Crippen LogP) is 1.48. The van der Waals surface area contributed by atoms with Gasteiger partial charge >= 0.3 is 0 Å². The molecule has 0 amide bonds. The molecule has 3 atom stereocenters. The van der Waals surface area contributed by atoms with E-state index in [1.807, 2.05) is 0 Å². The number of piperidine rings is 1.